The molecular weight excluding hydrogens is 182 g/mol. The monoisotopic (exact) mass is 197 g/mol. The zero-order valence-corrected chi connectivity index (χ0v) is 8.27. The number of piperidine rings is 1. The Labute approximate surface area is 82.9 Å². The van der Waals surface area contributed by atoms with E-state index in [9.17, 15) is 14.7 Å². The fraction of sp³-hybridized carbons (Fsp3) is 0.800. The molecule has 0 spiro atoms. The Morgan fingerprint density at radius 3 is 2.86 bits per heavy atom. The van der Waals surface area contributed by atoms with Crippen molar-refractivity contribution in [2.24, 2.45) is 5.92 Å². The van der Waals surface area contributed by atoms with Gasteiger partial charge in [-0.05, 0) is 19.8 Å². The summed E-state index contributed by atoms with van der Waals surface area (Å²) in [5.41, 5.74) is 0. The summed E-state index contributed by atoms with van der Waals surface area (Å²) in [6.45, 7) is 2.25. The van der Waals surface area contributed by atoms with Crippen LogP contribution in [-0.2, 0) is 9.59 Å². The molecule has 3 unspecified atom stereocenters. The molecule has 4 heteroatoms. The molecule has 3 atom stereocenters. The summed E-state index contributed by atoms with van der Waals surface area (Å²) in [5, 5.41) is 9.39. The Balaban J connectivity index is 2.20. The van der Waals surface area contributed by atoms with Gasteiger partial charge in [0.05, 0.1) is 18.1 Å². The third-order valence-corrected chi connectivity index (χ3v) is 3.23. The van der Waals surface area contributed by atoms with E-state index in [1.54, 1.807) is 11.8 Å². The molecule has 1 N–H and O–H groups in total. The van der Waals surface area contributed by atoms with Crippen molar-refractivity contribution in [3.05, 3.63) is 0 Å². The molecule has 2 fully saturated rings. The van der Waals surface area contributed by atoms with Crippen LogP contribution in [0.5, 0.6) is 0 Å². The van der Waals surface area contributed by atoms with Crippen molar-refractivity contribution in [1.29, 1.82) is 0 Å². The number of amides is 1. The van der Waals surface area contributed by atoms with Crippen LogP contribution in [0.4, 0.5) is 0 Å². The molecule has 2 rings (SSSR count). The van der Waals surface area contributed by atoms with Crippen molar-refractivity contribution in [3.63, 3.8) is 0 Å². The summed E-state index contributed by atoms with van der Waals surface area (Å²) in [6.07, 6.45) is 1.22. The summed E-state index contributed by atoms with van der Waals surface area (Å²) in [4.78, 5) is 25.1. The third kappa shape index (κ3) is 1.34. The molecule has 4 nitrogen and oxygen atoms in total. The number of hydrogen-bond acceptors (Lipinski definition) is 3. The van der Waals surface area contributed by atoms with Crippen LogP contribution in [0.1, 0.15) is 26.2 Å². The number of carbonyl (C=O) groups is 2. The van der Waals surface area contributed by atoms with Crippen molar-refractivity contribution in [2.45, 2.75) is 38.3 Å². The summed E-state index contributed by atoms with van der Waals surface area (Å²) >= 11 is 0. The van der Waals surface area contributed by atoms with E-state index in [0.717, 1.165) is 12.8 Å². The summed E-state index contributed by atoms with van der Waals surface area (Å²) < 4.78 is 0. The highest BCUT2D eigenvalue weighted by Gasteiger charge is 2.44. The number of hydrogen-bond donors (Lipinski definition) is 1. The normalized spacial score (nSPS) is 34.6. The van der Waals surface area contributed by atoms with Crippen molar-refractivity contribution < 1.29 is 14.7 Å². The van der Waals surface area contributed by atoms with Crippen LogP contribution in [0, 0.1) is 5.92 Å². The van der Waals surface area contributed by atoms with Crippen LogP contribution in [0.3, 0.4) is 0 Å². The SMILES string of the molecule is CC(O)C1CC(=O)C2CCCN2C1=O. The van der Waals surface area contributed by atoms with Gasteiger partial charge in [-0.2, -0.15) is 0 Å². The first kappa shape index (κ1) is 9.65. The molecule has 0 aromatic rings. The number of aliphatic hydroxyl groups is 1. The van der Waals surface area contributed by atoms with Crippen molar-refractivity contribution >= 4 is 11.7 Å². The predicted molar refractivity (Wildman–Crippen MR) is 49.5 cm³/mol. The minimum atomic E-state index is -0.715. The number of nitrogens with zero attached hydrogens (tertiary/aromatic N) is 1. The van der Waals surface area contributed by atoms with Gasteiger partial charge in [0.1, 0.15) is 0 Å². The van der Waals surface area contributed by atoms with E-state index < -0.39 is 12.0 Å². The van der Waals surface area contributed by atoms with Crippen LogP contribution in [-0.4, -0.2) is 40.4 Å². The molecule has 0 saturated carbocycles. The molecule has 0 aliphatic carbocycles. The lowest BCUT2D eigenvalue weighted by Crippen LogP contribution is -2.52. The van der Waals surface area contributed by atoms with Crippen LogP contribution in [0.25, 0.3) is 0 Å². The van der Waals surface area contributed by atoms with E-state index in [4.69, 9.17) is 0 Å². The zero-order valence-electron chi connectivity index (χ0n) is 8.27. The second-order valence-electron chi connectivity index (χ2n) is 4.21. The highest BCUT2D eigenvalue weighted by Crippen LogP contribution is 2.29. The Kier molecular flexibility index (Phi) is 2.31. The molecule has 0 radical (unpaired) electrons. The zero-order chi connectivity index (χ0) is 10.3. The van der Waals surface area contributed by atoms with Gasteiger partial charge in [-0.25, -0.2) is 0 Å². The minimum absolute atomic E-state index is 0.0397. The maximum atomic E-state index is 11.8. The third-order valence-electron chi connectivity index (χ3n) is 3.23. The van der Waals surface area contributed by atoms with Crippen LogP contribution in [0.2, 0.25) is 0 Å². The Morgan fingerprint density at radius 1 is 1.50 bits per heavy atom. The van der Waals surface area contributed by atoms with Gasteiger partial charge in [-0.15, -0.1) is 0 Å². The van der Waals surface area contributed by atoms with Gasteiger partial charge >= 0.3 is 0 Å². The topological polar surface area (TPSA) is 57.6 Å². The van der Waals surface area contributed by atoms with Crippen molar-refractivity contribution in [1.82, 2.24) is 4.90 Å². The molecule has 0 aromatic carbocycles. The van der Waals surface area contributed by atoms with Gasteiger partial charge in [0.15, 0.2) is 5.78 Å². The molecule has 1 amide bonds. The van der Waals surface area contributed by atoms with Gasteiger partial charge in [-0.1, -0.05) is 0 Å². The van der Waals surface area contributed by atoms with Crippen molar-refractivity contribution in [2.75, 3.05) is 6.54 Å². The second kappa shape index (κ2) is 3.35. The van der Waals surface area contributed by atoms with E-state index in [1.807, 2.05) is 0 Å². The minimum Gasteiger partial charge on any atom is -0.393 e. The molecule has 78 valence electrons. The van der Waals surface area contributed by atoms with E-state index in [0.29, 0.717) is 6.54 Å². The standard InChI is InChI=1S/C10H15NO3/c1-6(12)7-5-9(13)8-3-2-4-11(8)10(7)14/h6-8,12H,2-5H2,1H3. The van der Waals surface area contributed by atoms with Gasteiger partial charge in [0, 0.05) is 13.0 Å². The van der Waals surface area contributed by atoms with Crippen LogP contribution < -0.4 is 0 Å². The quantitative estimate of drug-likeness (QED) is 0.641. The van der Waals surface area contributed by atoms with Crippen LogP contribution in [0.15, 0.2) is 0 Å². The van der Waals surface area contributed by atoms with Crippen LogP contribution >= 0.6 is 0 Å². The van der Waals surface area contributed by atoms with Gasteiger partial charge in [0.2, 0.25) is 5.91 Å². The average Bonchev–Trinajstić information content (AvgIpc) is 2.59. The molecule has 14 heavy (non-hydrogen) atoms. The van der Waals surface area contributed by atoms with E-state index in [1.165, 1.54) is 0 Å². The lowest BCUT2D eigenvalue weighted by atomic mass is 9.88. The largest absolute Gasteiger partial charge is 0.393 e. The molecule has 2 aliphatic heterocycles. The second-order valence-corrected chi connectivity index (χ2v) is 4.21. The van der Waals surface area contributed by atoms with Gasteiger partial charge < -0.3 is 10.0 Å². The van der Waals surface area contributed by atoms with Gasteiger partial charge in [-0.3, -0.25) is 9.59 Å². The first-order valence-electron chi connectivity index (χ1n) is 5.12. The molecule has 2 aliphatic rings. The molecular formula is C10H15NO3. The Morgan fingerprint density at radius 2 is 2.21 bits per heavy atom. The highest BCUT2D eigenvalue weighted by molar-refractivity contribution is 5.97. The maximum absolute atomic E-state index is 11.8. The Bertz CT molecular complexity index is 271. The number of Topliss-reactive ketones (excluding diaryl/α,β-unsaturated/α-hetero) is 1. The summed E-state index contributed by atoms with van der Waals surface area (Å²) in [6, 6.07) is -0.183. The fourth-order valence-corrected chi connectivity index (χ4v) is 2.40. The molecule has 2 heterocycles. The van der Waals surface area contributed by atoms with E-state index in [2.05, 4.69) is 0 Å². The molecule has 2 saturated heterocycles. The number of carbonyl (C=O) groups excluding carboxylic acids is 2. The maximum Gasteiger partial charge on any atom is 0.229 e. The highest BCUT2D eigenvalue weighted by atomic mass is 16.3. The smallest absolute Gasteiger partial charge is 0.229 e. The predicted octanol–water partition coefficient (Wildman–Crippen LogP) is -0.0528. The number of aliphatic hydroxyl groups excluding tert-OH is 1. The van der Waals surface area contributed by atoms with Gasteiger partial charge in [0.25, 0.3) is 0 Å². The lowest BCUT2D eigenvalue weighted by Gasteiger charge is -2.34. The first-order chi connectivity index (χ1) is 6.61. The van der Waals surface area contributed by atoms with Crippen molar-refractivity contribution in [3.8, 4) is 0 Å². The summed E-state index contributed by atoms with van der Waals surface area (Å²) in [7, 11) is 0. The van der Waals surface area contributed by atoms with E-state index >= 15 is 0 Å². The molecule has 0 bridgehead atoms. The number of fused-ring (bicyclic) bond motifs is 1. The average molecular weight is 197 g/mol. The lowest BCUT2D eigenvalue weighted by molar-refractivity contribution is -0.151. The fourth-order valence-electron chi connectivity index (χ4n) is 2.40. The first-order valence-corrected chi connectivity index (χ1v) is 5.12. The number of rotatable bonds is 1. The number of ketones is 1. The summed E-state index contributed by atoms with van der Waals surface area (Å²) in [5.74, 6) is -0.424. The Hall–Kier alpha value is -0.900. The molecule has 0 aromatic heterocycles. The van der Waals surface area contributed by atoms with E-state index in [-0.39, 0.29) is 24.2 Å².